The van der Waals surface area contributed by atoms with E-state index in [4.69, 9.17) is 9.72 Å². The van der Waals surface area contributed by atoms with Crippen LogP contribution in [-0.2, 0) is 4.74 Å². The zero-order valence-electron chi connectivity index (χ0n) is 18.8. The molecular formula is C28H21N3O3S. The van der Waals surface area contributed by atoms with E-state index in [1.54, 1.807) is 60.0 Å². The van der Waals surface area contributed by atoms with Crippen molar-refractivity contribution in [3.8, 4) is 11.3 Å². The van der Waals surface area contributed by atoms with Gasteiger partial charge in [0.2, 0.25) is 0 Å². The number of thiazole rings is 1. The molecule has 1 saturated heterocycles. The summed E-state index contributed by atoms with van der Waals surface area (Å²) in [5, 5.41) is 0.941. The SMILES string of the molecule is O=C1c2ccccc2C(=O)c2cc(N=Cc3sc(N4CCOCC4)nc3-c3ccccc3)ccc21. The molecule has 2 heterocycles. The first kappa shape index (κ1) is 21.6. The summed E-state index contributed by atoms with van der Waals surface area (Å²) < 4.78 is 5.49. The fourth-order valence-corrected chi connectivity index (χ4v) is 5.41. The third-order valence-corrected chi connectivity index (χ3v) is 7.26. The Morgan fingerprint density at radius 1 is 0.829 bits per heavy atom. The third-order valence-electron chi connectivity index (χ3n) is 6.21. The van der Waals surface area contributed by atoms with Gasteiger partial charge in [0.25, 0.3) is 0 Å². The lowest BCUT2D eigenvalue weighted by atomic mass is 9.84. The highest BCUT2D eigenvalue weighted by Gasteiger charge is 2.29. The molecule has 0 amide bonds. The molecule has 7 heteroatoms. The summed E-state index contributed by atoms with van der Waals surface area (Å²) in [6.07, 6.45) is 1.80. The van der Waals surface area contributed by atoms with Gasteiger partial charge in [-0.3, -0.25) is 14.6 Å². The average molecular weight is 480 g/mol. The second-order valence-electron chi connectivity index (χ2n) is 8.37. The van der Waals surface area contributed by atoms with Crippen molar-refractivity contribution in [1.82, 2.24) is 4.98 Å². The lowest BCUT2D eigenvalue weighted by molar-refractivity contribution is 0.0979. The summed E-state index contributed by atoms with van der Waals surface area (Å²) in [6, 6.07) is 22.2. The van der Waals surface area contributed by atoms with E-state index in [0.29, 0.717) is 41.2 Å². The Morgan fingerprint density at radius 3 is 2.23 bits per heavy atom. The quantitative estimate of drug-likeness (QED) is 0.333. The van der Waals surface area contributed by atoms with Crippen molar-refractivity contribution >= 4 is 39.9 Å². The largest absolute Gasteiger partial charge is 0.378 e. The van der Waals surface area contributed by atoms with Gasteiger partial charge in [-0.15, -0.1) is 0 Å². The van der Waals surface area contributed by atoms with Gasteiger partial charge in [-0.1, -0.05) is 65.9 Å². The van der Waals surface area contributed by atoms with Crippen molar-refractivity contribution in [1.29, 1.82) is 0 Å². The van der Waals surface area contributed by atoms with Crippen molar-refractivity contribution in [3.63, 3.8) is 0 Å². The predicted octanol–water partition coefficient (Wildman–Crippen LogP) is 5.17. The van der Waals surface area contributed by atoms with Gasteiger partial charge in [0.05, 0.1) is 29.5 Å². The molecule has 0 radical (unpaired) electrons. The highest BCUT2D eigenvalue weighted by Crippen LogP contribution is 2.34. The Kier molecular flexibility index (Phi) is 5.56. The number of aliphatic imine (C=N–C) groups is 1. The number of morpholine rings is 1. The number of benzene rings is 3. The molecule has 0 bridgehead atoms. The molecule has 1 aliphatic carbocycles. The van der Waals surface area contributed by atoms with Crippen LogP contribution in [0.4, 0.5) is 10.8 Å². The minimum atomic E-state index is -0.149. The van der Waals surface area contributed by atoms with Crippen LogP contribution in [0.3, 0.4) is 0 Å². The normalized spacial score (nSPS) is 15.4. The van der Waals surface area contributed by atoms with E-state index in [1.165, 1.54) is 0 Å². The van der Waals surface area contributed by atoms with Crippen LogP contribution >= 0.6 is 11.3 Å². The van der Waals surface area contributed by atoms with Crippen molar-refractivity contribution < 1.29 is 14.3 Å². The zero-order valence-corrected chi connectivity index (χ0v) is 19.6. The Labute approximate surface area is 206 Å². The van der Waals surface area contributed by atoms with Gasteiger partial charge in [-0.2, -0.15) is 0 Å². The maximum Gasteiger partial charge on any atom is 0.194 e. The first-order valence-corrected chi connectivity index (χ1v) is 12.3. The van der Waals surface area contributed by atoms with Crippen molar-refractivity contribution in [2.45, 2.75) is 0 Å². The first-order chi connectivity index (χ1) is 17.2. The van der Waals surface area contributed by atoms with E-state index in [9.17, 15) is 9.59 Å². The molecule has 1 fully saturated rings. The maximum absolute atomic E-state index is 13.1. The Balaban J connectivity index is 1.36. The number of carbonyl (C=O) groups is 2. The highest BCUT2D eigenvalue weighted by atomic mass is 32.1. The Morgan fingerprint density at radius 2 is 1.49 bits per heavy atom. The molecule has 1 aromatic heterocycles. The van der Waals surface area contributed by atoms with Gasteiger partial charge < -0.3 is 9.64 Å². The molecule has 172 valence electrons. The number of hydrogen-bond donors (Lipinski definition) is 0. The van der Waals surface area contributed by atoms with Gasteiger partial charge in [-0.25, -0.2) is 4.98 Å². The molecule has 35 heavy (non-hydrogen) atoms. The van der Waals surface area contributed by atoms with Gasteiger partial charge in [-0.05, 0) is 18.2 Å². The van der Waals surface area contributed by atoms with Crippen LogP contribution < -0.4 is 4.90 Å². The van der Waals surface area contributed by atoms with Crippen LogP contribution in [0.15, 0.2) is 77.8 Å². The predicted molar refractivity (Wildman–Crippen MR) is 138 cm³/mol. The van der Waals surface area contributed by atoms with Crippen molar-refractivity contribution in [2.24, 2.45) is 4.99 Å². The smallest absolute Gasteiger partial charge is 0.194 e. The molecule has 0 saturated carbocycles. The Bertz CT molecular complexity index is 1470. The summed E-state index contributed by atoms with van der Waals surface area (Å²) in [5.74, 6) is -0.278. The molecule has 6 nitrogen and oxygen atoms in total. The Hall–Kier alpha value is -3.94. The van der Waals surface area contributed by atoms with Gasteiger partial charge in [0, 0.05) is 47.1 Å². The second kappa shape index (κ2) is 9.02. The van der Waals surface area contributed by atoms with E-state index >= 15 is 0 Å². The number of hydrogen-bond acceptors (Lipinski definition) is 7. The average Bonchev–Trinajstić information content (AvgIpc) is 3.36. The van der Waals surface area contributed by atoms with Crippen molar-refractivity contribution in [3.05, 3.63) is 99.9 Å². The van der Waals surface area contributed by atoms with Crippen molar-refractivity contribution in [2.75, 3.05) is 31.2 Å². The lowest BCUT2D eigenvalue weighted by Crippen LogP contribution is -2.36. The topological polar surface area (TPSA) is 71.9 Å². The van der Waals surface area contributed by atoms with Crippen LogP contribution in [-0.4, -0.2) is 49.1 Å². The summed E-state index contributed by atoms with van der Waals surface area (Å²) in [7, 11) is 0. The molecule has 1 aliphatic heterocycles. The molecule has 6 rings (SSSR count). The van der Waals surface area contributed by atoms with Crippen LogP contribution in [0.5, 0.6) is 0 Å². The monoisotopic (exact) mass is 479 g/mol. The van der Waals surface area contributed by atoms with Crippen LogP contribution in [0, 0.1) is 0 Å². The summed E-state index contributed by atoms with van der Waals surface area (Å²) in [4.78, 5) is 38.7. The zero-order chi connectivity index (χ0) is 23.8. The number of aromatic nitrogens is 1. The minimum absolute atomic E-state index is 0.130. The number of carbonyl (C=O) groups excluding carboxylic acids is 2. The summed E-state index contributed by atoms with van der Waals surface area (Å²) in [5.41, 5.74) is 4.22. The number of rotatable bonds is 4. The van der Waals surface area contributed by atoms with Crippen LogP contribution in [0.25, 0.3) is 11.3 Å². The first-order valence-electron chi connectivity index (χ1n) is 11.4. The maximum atomic E-state index is 13.1. The van der Waals surface area contributed by atoms with Gasteiger partial charge in [0.1, 0.15) is 0 Å². The van der Waals surface area contributed by atoms with E-state index < -0.39 is 0 Å². The molecular weight excluding hydrogens is 458 g/mol. The molecule has 2 aliphatic rings. The fourth-order valence-electron chi connectivity index (χ4n) is 4.40. The van der Waals surface area contributed by atoms with Crippen LogP contribution in [0.2, 0.25) is 0 Å². The standard InChI is InChI=1S/C28H21N3O3S/c32-26-20-8-4-5-9-21(20)27(33)23-16-19(10-11-22(23)26)29-17-24-25(18-6-2-1-3-7-18)30-28(35-24)31-12-14-34-15-13-31/h1-11,16-17H,12-15H2. The number of ether oxygens (including phenoxy) is 1. The van der Waals surface area contributed by atoms with Gasteiger partial charge >= 0.3 is 0 Å². The van der Waals surface area contributed by atoms with E-state index in [1.807, 2.05) is 30.3 Å². The number of fused-ring (bicyclic) bond motifs is 2. The third kappa shape index (κ3) is 3.99. The van der Waals surface area contributed by atoms with E-state index in [0.717, 1.165) is 34.4 Å². The number of nitrogens with zero attached hydrogens (tertiary/aromatic N) is 3. The van der Waals surface area contributed by atoms with Crippen LogP contribution in [0.1, 0.15) is 36.7 Å². The molecule has 4 aromatic rings. The van der Waals surface area contributed by atoms with Gasteiger partial charge in [0.15, 0.2) is 16.7 Å². The minimum Gasteiger partial charge on any atom is -0.378 e. The highest BCUT2D eigenvalue weighted by molar-refractivity contribution is 7.17. The van der Waals surface area contributed by atoms with E-state index in [2.05, 4.69) is 9.89 Å². The number of ketones is 2. The van der Waals surface area contributed by atoms with E-state index in [-0.39, 0.29) is 11.6 Å². The molecule has 0 spiro atoms. The summed E-state index contributed by atoms with van der Waals surface area (Å²) in [6.45, 7) is 2.99. The summed E-state index contributed by atoms with van der Waals surface area (Å²) >= 11 is 1.59. The lowest BCUT2D eigenvalue weighted by Gasteiger charge is -2.26. The molecule has 0 N–H and O–H groups in total. The fraction of sp³-hybridized carbons (Fsp3) is 0.143. The molecule has 3 aromatic carbocycles. The second-order valence-corrected chi connectivity index (χ2v) is 9.38. The number of anilines is 1. The molecule has 0 atom stereocenters. The molecule has 0 unspecified atom stereocenters.